The third-order valence-corrected chi connectivity index (χ3v) is 3.92. The molecule has 0 aromatic heterocycles. The highest BCUT2D eigenvalue weighted by molar-refractivity contribution is 5.70. The highest BCUT2D eigenvalue weighted by Gasteiger charge is 2.43. The Labute approximate surface area is 122 Å². The van der Waals surface area contributed by atoms with Crippen molar-refractivity contribution in [1.82, 2.24) is 0 Å². The number of esters is 1. The van der Waals surface area contributed by atoms with E-state index in [1.165, 1.54) is 0 Å². The summed E-state index contributed by atoms with van der Waals surface area (Å²) >= 11 is 0. The fraction of sp³-hybridized carbons (Fsp3) is 0.562. The van der Waals surface area contributed by atoms with Crippen molar-refractivity contribution >= 4 is 5.97 Å². The zero-order chi connectivity index (χ0) is 15.6. The van der Waals surface area contributed by atoms with Gasteiger partial charge in [0.15, 0.2) is 0 Å². The maximum Gasteiger partial charge on any atom is 0.306 e. The Bertz CT molecular complexity index is 553. The molecular formula is C16H20F2O3. The molecule has 0 saturated heterocycles. The van der Waals surface area contributed by atoms with E-state index >= 15 is 0 Å². The Morgan fingerprint density at radius 1 is 1.38 bits per heavy atom. The van der Waals surface area contributed by atoms with Crippen molar-refractivity contribution < 1.29 is 23.4 Å². The van der Waals surface area contributed by atoms with Crippen LogP contribution in [0.2, 0.25) is 0 Å². The van der Waals surface area contributed by atoms with Crippen LogP contribution in [0.3, 0.4) is 0 Å². The number of halogens is 2. The van der Waals surface area contributed by atoms with E-state index in [-0.39, 0.29) is 36.5 Å². The average Bonchev–Trinajstić information content (AvgIpc) is 2.75. The smallest absolute Gasteiger partial charge is 0.306 e. The number of benzene rings is 1. The fourth-order valence-electron chi connectivity index (χ4n) is 2.88. The molecule has 3 nitrogen and oxygen atoms in total. The minimum Gasteiger partial charge on any atom is -0.507 e. The van der Waals surface area contributed by atoms with Crippen molar-refractivity contribution in [3.05, 3.63) is 28.3 Å². The van der Waals surface area contributed by atoms with Crippen LogP contribution in [0.25, 0.3) is 0 Å². The molecule has 116 valence electrons. The van der Waals surface area contributed by atoms with Crippen LogP contribution in [-0.2, 0) is 34.7 Å². The number of carbonyl (C=O) groups excluding carboxylic acids is 1. The zero-order valence-corrected chi connectivity index (χ0v) is 12.3. The first-order chi connectivity index (χ1) is 9.90. The van der Waals surface area contributed by atoms with Gasteiger partial charge >= 0.3 is 5.97 Å². The topological polar surface area (TPSA) is 46.5 Å². The minimum absolute atomic E-state index is 0.166. The van der Waals surface area contributed by atoms with E-state index in [1.807, 2.05) is 6.92 Å². The molecule has 1 aromatic carbocycles. The van der Waals surface area contributed by atoms with E-state index in [4.69, 9.17) is 4.74 Å². The number of phenols is 1. The number of phenolic OH excluding ortho intramolecular Hbond substituents is 1. The first-order valence-corrected chi connectivity index (χ1v) is 7.31. The van der Waals surface area contributed by atoms with Crippen LogP contribution >= 0.6 is 0 Å². The summed E-state index contributed by atoms with van der Waals surface area (Å²) in [6.45, 7) is 3.85. The van der Waals surface area contributed by atoms with Crippen LogP contribution in [0.5, 0.6) is 5.75 Å². The molecule has 0 fully saturated rings. The summed E-state index contributed by atoms with van der Waals surface area (Å²) in [6.07, 6.45) is 0.958. The van der Waals surface area contributed by atoms with Gasteiger partial charge in [-0.1, -0.05) is 13.0 Å². The molecule has 0 unspecified atom stereocenters. The maximum absolute atomic E-state index is 14.0. The van der Waals surface area contributed by atoms with Gasteiger partial charge in [-0.25, -0.2) is 8.78 Å². The van der Waals surface area contributed by atoms with Crippen LogP contribution < -0.4 is 0 Å². The standard InChI is InChI=1S/C16H20F2O3/c1-3-10-9-11(5-6-13(19)21-4-2)12-7-8-16(17,18)14(12)15(10)20/h9,20H,3-8H2,1-2H3. The van der Waals surface area contributed by atoms with Crippen molar-refractivity contribution in [1.29, 1.82) is 0 Å². The predicted octanol–water partition coefficient (Wildman–Crippen LogP) is 3.49. The van der Waals surface area contributed by atoms with Crippen molar-refractivity contribution in [2.75, 3.05) is 6.61 Å². The second kappa shape index (κ2) is 6.00. The Morgan fingerprint density at radius 3 is 2.71 bits per heavy atom. The molecule has 0 saturated carbocycles. The first-order valence-electron chi connectivity index (χ1n) is 7.31. The molecule has 0 spiro atoms. The summed E-state index contributed by atoms with van der Waals surface area (Å²) in [4.78, 5) is 11.4. The summed E-state index contributed by atoms with van der Waals surface area (Å²) in [7, 11) is 0. The molecule has 1 aliphatic carbocycles. The van der Waals surface area contributed by atoms with Gasteiger partial charge in [-0.2, -0.15) is 0 Å². The Hall–Kier alpha value is -1.65. The largest absolute Gasteiger partial charge is 0.507 e. The predicted molar refractivity (Wildman–Crippen MR) is 74.7 cm³/mol. The normalized spacial score (nSPS) is 15.8. The van der Waals surface area contributed by atoms with Gasteiger partial charge in [0.2, 0.25) is 0 Å². The maximum atomic E-state index is 14.0. The molecule has 1 aliphatic rings. The fourth-order valence-corrected chi connectivity index (χ4v) is 2.88. The Balaban J connectivity index is 2.35. The second-order valence-corrected chi connectivity index (χ2v) is 5.26. The summed E-state index contributed by atoms with van der Waals surface area (Å²) in [5.74, 6) is -3.60. The quantitative estimate of drug-likeness (QED) is 0.846. The van der Waals surface area contributed by atoms with Crippen LogP contribution in [0.15, 0.2) is 6.07 Å². The Kier molecular flexibility index (Phi) is 4.49. The molecular weight excluding hydrogens is 278 g/mol. The molecule has 0 aliphatic heterocycles. The monoisotopic (exact) mass is 298 g/mol. The zero-order valence-electron chi connectivity index (χ0n) is 12.3. The number of aromatic hydroxyl groups is 1. The number of hydrogen-bond donors (Lipinski definition) is 1. The molecule has 1 N–H and O–H groups in total. The molecule has 0 heterocycles. The van der Waals surface area contributed by atoms with Gasteiger partial charge in [0.1, 0.15) is 5.75 Å². The second-order valence-electron chi connectivity index (χ2n) is 5.26. The summed E-state index contributed by atoms with van der Waals surface area (Å²) in [5.41, 5.74) is 1.50. The van der Waals surface area contributed by atoms with E-state index in [1.54, 1.807) is 13.0 Å². The molecule has 1 aromatic rings. The van der Waals surface area contributed by atoms with Crippen LogP contribution in [-0.4, -0.2) is 17.7 Å². The highest BCUT2D eigenvalue weighted by atomic mass is 19.3. The van der Waals surface area contributed by atoms with Gasteiger partial charge in [-0.3, -0.25) is 4.79 Å². The molecule has 0 amide bonds. The summed E-state index contributed by atoms with van der Waals surface area (Å²) < 4.78 is 32.8. The molecule has 0 bridgehead atoms. The van der Waals surface area contributed by atoms with Crippen LogP contribution in [0, 0.1) is 0 Å². The SMILES string of the molecule is CCOC(=O)CCc1cc(CC)c(O)c2c1CCC2(F)F. The molecule has 5 heteroatoms. The number of fused-ring (bicyclic) bond motifs is 1. The van der Waals surface area contributed by atoms with Gasteiger partial charge < -0.3 is 9.84 Å². The lowest BCUT2D eigenvalue weighted by Gasteiger charge is -2.17. The van der Waals surface area contributed by atoms with E-state index in [2.05, 4.69) is 0 Å². The van der Waals surface area contributed by atoms with E-state index < -0.39 is 5.92 Å². The highest BCUT2D eigenvalue weighted by Crippen LogP contribution is 2.48. The molecule has 0 radical (unpaired) electrons. The summed E-state index contributed by atoms with van der Waals surface area (Å²) in [6, 6.07) is 1.74. The van der Waals surface area contributed by atoms with Crippen LogP contribution in [0.4, 0.5) is 8.78 Å². The molecule has 2 rings (SSSR count). The van der Waals surface area contributed by atoms with Gasteiger partial charge in [-0.05, 0) is 42.9 Å². The van der Waals surface area contributed by atoms with Gasteiger partial charge in [0.25, 0.3) is 5.92 Å². The van der Waals surface area contributed by atoms with Crippen molar-refractivity contribution in [2.24, 2.45) is 0 Å². The first kappa shape index (κ1) is 15.7. The van der Waals surface area contributed by atoms with E-state index in [9.17, 15) is 18.7 Å². The number of aryl methyl sites for hydroxylation is 2. The third-order valence-electron chi connectivity index (χ3n) is 3.92. The van der Waals surface area contributed by atoms with E-state index in [0.29, 0.717) is 30.6 Å². The average molecular weight is 298 g/mol. The third kappa shape index (κ3) is 3.01. The lowest BCUT2D eigenvalue weighted by Crippen LogP contribution is -2.10. The van der Waals surface area contributed by atoms with Crippen molar-refractivity contribution in [2.45, 2.75) is 51.9 Å². The van der Waals surface area contributed by atoms with Gasteiger partial charge in [-0.15, -0.1) is 0 Å². The van der Waals surface area contributed by atoms with Crippen molar-refractivity contribution in [3.63, 3.8) is 0 Å². The number of rotatable bonds is 5. The lowest BCUT2D eigenvalue weighted by atomic mass is 9.93. The van der Waals surface area contributed by atoms with Gasteiger partial charge in [0.05, 0.1) is 12.2 Å². The summed E-state index contributed by atoms with van der Waals surface area (Å²) in [5, 5.41) is 10.1. The lowest BCUT2D eigenvalue weighted by molar-refractivity contribution is -0.143. The minimum atomic E-state index is -2.98. The molecule has 0 atom stereocenters. The number of ether oxygens (including phenoxy) is 1. The molecule has 21 heavy (non-hydrogen) atoms. The Morgan fingerprint density at radius 2 is 2.10 bits per heavy atom. The van der Waals surface area contributed by atoms with Crippen molar-refractivity contribution in [3.8, 4) is 5.75 Å². The van der Waals surface area contributed by atoms with Gasteiger partial charge in [0, 0.05) is 12.8 Å². The van der Waals surface area contributed by atoms with Crippen LogP contribution in [0.1, 0.15) is 48.9 Å². The van der Waals surface area contributed by atoms with E-state index in [0.717, 1.165) is 5.56 Å². The number of carbonyl (C=O) groups is 1. The number of hydrogen-bond acceptors (Lipinski definition) is 3. The number of alkyl halides is 2.